The number of fused-ring (bicyclic) bond motifs is 1. The van der Waals surface area contributed by atoms with Crippen molar-refractivity contribution in [3.63, 3.8) is 0 Å². The van der Waals surface area contributed by atoms with Gasteiger partial charge in [-0.3, -0.25) is 9.48 Å². The van der Waals surface area contributed by atoms with Gasteiger partial charge in [0.15, 0.2) is 0 Å². The van der Waals surface area contributed by atoms with E-state index in [4.69, 9.17) is 23.2 Å². The number of benzene rings is 2. The normalized spacial score (nSPS) is 10.8. The number of hydrogen-bond acceptors (Lipinski definition) is 2. The highest BCUT2D eigenvalue weighted by Gasteiger charge is 2.08. The van der Waals surface area contributed by atoms with Crippen molar-refractivity contribution in [2.45, 2.75) is 6.54 Å². The van der Waals surface area contributed by atoms with Crippen LogP contribution in [0, 0.1) is 0 Å². The van der Waals surface area contributed by atoms with E-state index in [0.29, 0.717) is 15.7 Å². The van der Waals surface area contributed by atoms with Crippen molar-refractivity contribution in [3.05, 3.63) is 58.7 Å². The number of rotatable bonds is 3. The third kappa shape index (κ3) is 3.01. The van der Waals surface area contributed by atoms with Gasteiger partial charge in [-0.1, -0.05) is 41.4 Å². The Morgan fingerprint density at radius 3 is 2.76 bits per heavy atom. The Balaban J connectivity index is 1.75. The molecular weight excluding hydrogens is 309 g/mol. The quantitative estimate of drug-likeness (QED) is 0.793. The van der Waals surface area contributed by atoms with E-state index in [2.05, 4.69) is 10.4 Å². The zero-order valence-corrected chi connectivity index (χ0v) is 12.4. The summed E-state index contributed by atoms with van der Waals surface area (Å²) in [4.78, 5) is 12.1. The van der Waals surface area contributed by atoms with E-state index in [1.807, 2.05) is 24.3 Å². The van der Waals surface area contributed by atoms with E-state index in [9.17, 15) is 4.79 Å². The molecule has 2 aromatic carbocycles. The lowest BCUT2D eigenvalue weighted by Gasteiger charge is -2.07. The van der Waals surface area contributed by atoms with Gasteiger partial charge in [-0.2, -0.15) is 5.10 Å². The van der Waals surface area contributed by atoms with Gasteiger partial charge < -0.3 is 5.32 Å². The van der Waals surface area contributed by atoms with E-state index in [-0.39, 0.29) is 12.5 Å². The van der Waals surface area contributed by atoms with Gasteiger partial charge in [0.25, 0.3) is 0 Å². The fourth-order valence-electron chi connectivity index (χ4n) is 2.06. The minimum absolute atomic E-state index is 0.133. The van der Waals surface area contributed by atoms with Gasteiger partial charge in [0.1, 0.15) is 6.54 Å². The molecule has 0 fully saturated rings. The molecule has 0 aliphatic carbocycles. The molecule has 3 rings (SSSR count). The van der Waals surface area contributed by atoms with Crippen molar-refractivity contribution in [2.75, 3.05) is 5.32 Å². The first kappa shape index (κ1) is 13.9. The highest BCUT2D eigenvalue weighted by Crippen LogP contribution is 2.25. The second-order valence-electron chi connectivity index (χ2n) is 4.54. The summed E-state index contributed by atoms with van der Waals surface area (Å²) in [5.41, 5.74) is 1.52. The van der Waals surface area contributed by atoms with Crippen LogP contribution >= 0.6 is 23.2 Å². The number of carbonyl (C=O) groups is 1. The second kappa shape index (κ2) is 5.76. The summed E-state index contributed by atoms with van der Waals surface area (Å²) in [5.74, 6) is -0.178. The van der Waals surface area contributed by atoms with Gasteiger partial charge in [-0.15, -0.1) is 0 Å². The molecule has 0 aliphatic heterocycles. The Morgan fingerprint density at radius 2 is 1.95 bits per heavy atom. The Labute approximate surface area is 131 Å². The van der Waals surface area contributed by atoms with Crippen molar-refractivity contribution in [2.24, 2.45) is 0 Å². The van der Waals surface area contributed by atoms with E-state index < -0.39 is 0 Å². The zero-order valence-electron chi connectivity index (χ0n) is 10.9. The molecule has 1 aromatic heterocycles. The molecule has 21 heavy (non-hydrogen) atoms. The Kier molecular flexibility index (Phi) is 3.82. The van der Waals surface area contributed by atoms with Gasteiger partial charge in [0.2, 0.25) is 5.91 Å². The number of nitrogens with one attached hydrogen (secondary N) is 1. The molecule has 0 spiro atoms. The van der Waals surface area contributed by atoms with E-state index in [1.54, 1.807) is 29.1 Å². The van der Waals surface area contributed by atoms with E-state index >= 15 is 0 Å². The molecule has 1 amide bonds. The molecule has 1 N–H and O–H groups in total. The van der Waals surface area contributed by atoms with Crippen molar-refractivity contribution < 1.29 is 4.79 Å². The van der Waals surface area contributed by atoms with Crippen LogP contribution in [0.1, 0.15) is 0 Å². The SMILES string of the molecule is O=C(Cn1ncc2ccccc21)Nc1ccc(Cl)c(Cl)c1. The molecule has 4 nitrogen and oxygen atoms in total. The second-order valence-corrected chi connectivity index (χ2v) is 5.35. The largest absolute Gasteiger partial charge is 0.324 e. The van der Waals surface area contributed by atoms with Gasteiger partial charge >= 0.3 is 0 Å². The summed E-state index contributed by atoms with van der Waals surface area (Å²) in [5, 5.41) is 8.84. The van der Waals surface area contributed by atoms with Gasteiger partial charge in [0, 0.05) is 11.1 Å². The summed E-state index contributed by atoms with van der Waals surface area (Å²) >= 11 is 11.8. The summed E-state index contributed by atoms with van der Waals surface area (Å²) in [6.45, 7) is 0.133. The lowest BCUT2D eigenvalue weighted by Crippen LogP contribution is -2.19. The molecule has 0 unspecified atom stereocenters. The number of hydrogen-bond donors (Lipinski definition) is 1. The van der Waals surface area contributed by atoms with Crippen LogP contribution in [0.4, 0.5) is 5.69 Å². The first-order valence-electron chi connectivity index (χ1n) is 6.29. The summed E-state index contributed by atoms with van der Waals surface area (Å²) in [6.07, 6.45) is 1.74. The molecule has 0 radical (unpaired) electrons. The molecular formula is C15H11Cl2N3O. The molecule has 1 heterocycles. The van der Waals surface area contributed by atoms with Gasteiger partial charge in [-0.05, 0) is 24.3 Å². The number of anilines is 1. The van der Waals surface area contributed by atoms with E-state index in [1.165, 1.54) is 0 Å². The molecule has 0 aliphatic rings. The standard InChI is InChI=1S/C15H11Cl2N3O/c16-12-6-5-11(7-13(12)17)19-15(21)9-20-14-4-2-1-3-10(14)8-18-20/h1-8H,9H2,(H,19,21). The molecule has 106 valence electrons. The predicted octanol–water partition coefficient (Wildman–Crippen LogP) is 3.98. The summed E-state index contributed by atoms with van der Waals surface area (Å²) in [6, 6.07) is 12.7. The number of aromatic nitrogens is 2. The van der Waals surface area contributed by atoms with Crippen molar-refractivity contribution in [1.82, 2.24) is 9.78 Å². The maximum Gasteiger partial charge on any atom is 0.246 e. The summed E-state index contributed by atoms with van der Waals surface area (Å²) in [7, 11) is 0. The van der Waals surface area contributed by atoms with Crippen LogP contribution in [0.2, 0.25) is 10.0 Å². The average Bonchev–Trinajstić information content (AvgIpc) is 2.86. The van der Waals surface area contributed by atoms with Crippen LogP contribution in [-0.2, 0) is 11.3 Å². The molecule has 6 heteroatoms. The Bertz CT molecular complexity index is 814. The highest BCUT2D eigenvalue weighted by molar-refractivity contribution is 6.42. The Hall–Kier alpha value is -2.04. The molecule has 3 aromatic rings. The first-order chi connectivity index (χ1) is 10.1. The summed E-state index contributed by atoms with van der Waals surface area (Å²) < 4.78 is 1.65. The molecule has 0 saturated carbocycles. The smallest absolute Gasteiger partial charge is 0.246 e. The maximum atomic E-state index is 12.1. The fourth-order valence-corrected chi connectivity index (χ4v) is 2.36. The number of carbonyl (C=O) groups excluding carboxylic acids is 1. The zero-order chi connectivity index (χ0) is 14.8. The molecule has 0 saturated heterocycles. The molecule has 0 bridgehead atoms. The highest BCUT2D eigenvalue weighted by atomic mass is 35.5. The topological polar surface area (TPSA) is 46.9 Å². The van der Waals surface area contributed by atoms with Crippen LogP contribution in [0.5, 0.6) is 0 Å². The number of para-hydroxylation sites is 1. The minimum atomic E-state index is -0.178. The van der Waals surface area contributed by atoms with Crippen molar-refractivity contribution in [1.29, 1.82) is 0 Å². The first-order valence-corrected chi connectivity index (χ1v) is 7.04. The van der Waals surface area contributed by atoms with Crippen LogP contribution in [0.15, 0.2) is 48.7 Å². The lowest BCUT2D eigenvalue weighted by atomic mass is 10.2. The van der Waals surface area contributed by atoms with Crippen LogP contribution < -0.4 is 5.32 Å². The average molecular weight is 320 g/mol. The van der Waals surface area contributed by atoms with Crippen LogP contribution in [-0.4, -0.2) is 15.7 Å². The van der Waals surface area contributed by atoms with Crippen molar-refractivity contribution >= 4 is 45.7 Å². The number of amides is 1. The van der Waals surface area contributed by atoms with E-state index in [0.717, 1.165) is 10.9 Å². The minimum Gasteiger partial charge on any atom is -0.324 e. The van der Waals surface area contributed by atoms with Crippen molar-refractivity contribution in [3.8, 4) is 0 Å². The van der Waals surface area contributed by atoms with Crippen LogP contribution in [0.25, 0.3) is 10.9 Å². The third-order valence-electron chi connectivity index (χ3n) is 3.05. The predicted molar refractivity (Wildman–Crippen MR) is 84.8 cm³/mol. The molecule has 0 atom stereocenters. The van der Waals surface area contributed by atoms with Crippen LogP contribution in [0.3, 0.4) is 0 Å². The fraction of sp³-hybridized carbons (Fsp3) is 0.0667. The maximum absolute atomic E-state index is 12.1. The number of nitrogens with zero attached hydrogens (tertiary/aromatic N) is 2. The number of halogens is 2. The van der Waals surface area contributed by atoms with Gasteiger partial charge in [0.05, 0.1) is 21.8 Å². The Morgan fingerprint density at radius 1 is 1.14 bits per heavy atom. The van der Waals surface area contributed by atoms with Gasteiger partial charge in [-0.25, -0.2) is 0 Å². The monoisotopic (exact) mass is 319 g/mol. The lowest BCUT2D eigenvalue weighted by molar-refractivity contribution is -0.116. The third-order valence-corrected chi connectivity index (χ3v) is 3.79.